The van der Waals surface area contributed by atoms with Crippen molar-refractivity contribution in [2.45, 2.75) is 25.4 Å². The van der Waals surface area contributed by atoms with Gasteiger partial charge in [-0.25, -0.2) is 0 Å². The van der Waals surface area contributed by atoms with Crippen molar-refractivity contribution in [3.8, 4) is 0 Å². The summed E-state index contributed by atoms with van der Waals surface area (Å²) in [6.07, 6.45) is 0.138. The van der Waals surface area contributed by atoms with Gasteiger partial charge < -0.3 is 16.1 Å². The molecule has 6 nitrogen and oxygen atoms in total. The third kappa shape index (κ3) is 2.81. The molecule has 66 valence electrons. The van der Waals surface area contributed by atoms with E-state index in [1.54, 1.807) is 17.9 Å². The number of amides is 1. The van der Waals surface area contributed by atoms with Crippen LogP contribution in [0.4, 0.5) is 0 Å². The van der Waals surface area contributed by atoms with Gasteiger partial charge in [-0.2, -0.15) is 11.0 Å². The molecule has 0 fully saturated rings. The van der Waals surface area contributed by atoms with Crippen LogP contribution in [-0.4, -0.2) is 22.0 Å². The lowest BCUT2D eigenvalue weighted by molar-refractivity contribution is -0.125. The number of carbonyl (C=O) groups is 1. The Kier molecular flexibility index (Phi) is 3.98. The maximum Gasteiger partial charge on any atom is 0.220 e. The summed E-state index contributed by atoms with van der Waals surface area (Å²) >= 11 is 0. The molecule has 0 bridgehead atoms. The highest BCUT2D eigenvalue weighted by Crippen LogP contribution is 2.08. The predicted octanol–water partition coefficient (Wildman–Crippen LogP) is -1.07. The van der Waals surface area contributed by atoms with Crippen LogP contribution in [-0.2, 0) is 4.79 Å². The Bertz CT molecular complexity index is 127. The second-order valence-corrected chi connectivity index (χ2v) is 2.30. The molecule has 0 aromatic carbocycles. The van der Waals surface area contributed by atoms with Gasteiger partial charge in [-0.3, -0.25) is 4.79 Å². The number of nitrogens with two attached hydrogens (primary N) is 1. The van der Waals surface area contributed by atoms with Crippen molar-refractivity contribution >= 4 is 5.91 Å². The van der Waals surface area contributed by atoms with Gasteiger partial charge in [0.25, 0.3) is 0 Å². The third-order valence-electron chi connectivity index (χ3n) is 1.51. The van der Waals surface area contributed by atoms with Crippen molar-refractivity contribution in [1.82, 2.24) is 11.0 Å². The summed E-state index contributed by atoms with van der Waals surface area (Å²) in [7, 11) is 0. The molecule has 0 saturated heterocycles. The maximum absolute atomic E-state index is 10.4. The van der Waals surface area contributed by atoms with Crippen molar-refractivity contribution in [3.63, 3.8) is 0 Å². The van der Waals surface area contributed by atoms with Crippen LogP contribution in [0.3, 0.4) is 0 Å². The summed E-state index contributed by atoms with van der Waals surface area (Å²) in [5, 5.41) is 17.1. The van der Waals surface area contributed by atoms with E-state index < -0.39 is 11.6 Å². The van der Waals surface area contributed by atoms with E-state index in [2.05, 4.69) is 0 Å². The topological polar surface area (TPSA) is 108 Å². The summed E-state index contributed by atoms with van der Waals surface area (Å²) in [4.78, 5) is 10.4. The molecule has 0 aromatic rings. The lowest BCUT2D eigenvalue weighted by Crippen LogP contribution is -2.56. The summed E-state index contributed by atoms with van der Waals surface area (Å²) < 4.78 is 0. The van der Waals surface area contributed by atoms with E-state index in [1.807, 2.05) is 0 Å². The zero-order chi connectivity index (χ0) is 8.91. The van der Waals surface area contributed by atoms with Gasteiger partial charge in [-0.05, 0) is 6.42 Å². The highest BCUT2D eigenvalue weighted by molar-refractivity contribution is 5.74. The van der Waals surface area contributed by atoms with Crippen LogP contribution in [0.15, 0.2) is 0 Å². The second-order valence-electron chi connectivity index (χ2n) is 2.30. The lowest BCUT2D eigenvalue weighted by atomic mass is 10.1. The van der Waals surface area contributed by atoms with Crippen LogP contribution < -0.4 is 16.7 Å². The Labute approximate surface area is 64.3 Å². The van der Waals surface area contributed by atoms with E-state index in [9.17, 15) is 4.79 Å². The van der Waals surface area contributed by atoms with E-state index in [4.69, 9.17) is 16.1 Å². The van der Waals surface area contributed by atoms with Crippen molar-refractivity contribution < 1.29 is 15.2 Å². The van der Waals surface area contributed by atoms with E-state index in [0.717, 1.165) is 0 Å². The highest BCUT2D eigenvalue weighted by Gasteiger charge is 2.28. The molecule has 0 rings (SSSR count). The summed E-state index contributed by atoms with van der Waals surface area (Å²) in [6, 6.07) is 0. The van der Waals surface area contributed by atoms with E-state index in [-0.39, 0.29) is 6.42 Å². The second kappa shape index (κ2) is 4.24. The first kappa shape index (κ1) is 10.3. The first-order valence-electron chi connectivity index (χ1n) is 3.21. The minimum Gasteiger partial charge on any atom is -0.370 e. The third-order valence-corrected chi connectivity index (χ3v) is 1.51. The molecule has 0 radical (unpaired) electrons. The van der Waals surface area contributed by atoms with Crippen molar-refractivity contribution in [2.24, 2.45) is 5.73 Å². The first-order valence-corrected chi connectivity index (χ1v) is 3.21. The Balaban J connectivity index is 4.16. The van der Waals surface area contributed by atoms with Gasteiger partial charge >= 0.3 is 0 Å². The molecule has 0 spiro atoms. The molecule has 11 heavy (non-hydrogen) atoms. The molecule has 0 aromatic heterocycles. The molecule has 6 N–H and O–H groups in total. The molecule has 1 amide bonds. The van der Waals surface area contributed by atoms with Gasteiger partial charge in [0.05, 0.1) is 6.42 Å². The number of hydrogen-bond donors (Lipinski definition) is 5. The fourth-order valence-corrected chi connectivity index (χ4v) is 0.685. The van der Waals surface area contributed by atoms with E-state index in [0.29, 0.717) is 6.42 Å². The fourth-order valence-electron chi connectivity index (χ4n) is 0.685. The standard InChI is InChI=1S/C5H13N3O3/c1-2-5(7-10,8-11)3-4(6)9/h7-8,10-11H,2-3H2,1H3,(H2,6,9). The molecule has 0 saturated carbocycles. The summed E-state index contributed by atoms with van der Waals surface area (Å²) in [5.41, 5.74) is 7.22. The van der Waals surface area contributed by atoms with Crippen LogP contribution in [0.5, 0.6) is 0 Å². The molecule has 6 heteroatoms. The molecular formula is C5H13N3O3. The number of rotatable bonds is 5. The zero-order valence-corrected chi connectivity index (χ0v) is 6.29. The van der Waals surface area contributed by atoms with Gasteiger partial charge in [0.2, 0.25) is 5.91 Å². The smallest absolute Gasteiger partial charge is 0.220 e. The minimum absolute atomic E-state index is 0.184. The van der Waals surface area contributed by atoms with Crippen LogP contribution in [0.2, 0.25) is 0 Å². The first-order chi connectivity index (χ1) is 5.10. The normalized spacial score (nSPS) is 11.5. The van der Waals surface area contributed by atoms with Crippen LogP contribution in [0.25, 0.3) is 0 Å². The van der Waals surface area contributed by atoms with Gasteiger partial charge in [0.1, 0.15) is 5.66 Å². The van der Waals surface area contributed by atoms with Gasteiger partial charge in [-0.15, -0.1) is 0 Å². The number of carbonyl (C=O) groups excluding carboxylic acids is 1. The van der Waals surface area contributed by atoms with Crippen LogP contribution in [0.1, 0.15) is 19.8 Å². The fraction of sp³-hybridized carbons (Fsp3) is 0.800. The Hall–Kier alpha value is -0.690. The van der Waals surface area contributed by atoms with Crippen molar-refractivity contribution in [1.29, 1.82) is 0 Å². The van der Waals surface area contributed by atoms with E-state index >= 15 is 0 Å². The van der Waals surface area contributed by atoms with Crippen LogP contribution >= 0.6 is 0 Å². The summed E-state index contributed by atoms with van der Waals surface area (Å²) in [6.45, 7) is 1.68. The van der Waals surface area contributed by atoms with Gasteiger partial charge in [0, 0.05) is 0 Å². The Morgan fingerprint density at radius 3 is 2.09 bits per heavy atom. The molecule has 0 atom stereocenters. The Morgan fingerprint density at radius 2 is 2.00 bits per heavy atom. The zero-order valence-electron chi connectivity index (χ0n) is 6.29. The molecular weight excluding hydrogens is 150 g/mol. The highest BCUT2D eigenvalue weighted by atomic mass is 16.5. The summed E-state index contributed by atoms with van der Waals surface area (Å²) in [5.74, 6) is -0.616. The molecule has 0 unspecified atom stereocenters. The SMILES string of the molecule is CCC(CC(N)=O)(NO)NO. The predicted molar refractivity (Wildman–Crippen MR) is 36.7 cm³/mol. The molecule has 0 aliphatic rings. The van der Waals surface area contributed by atoms with Crippen molar-refractivity contribution in [2.75, 3.05) is 0 Å². The number of nitrogens with one attached hydrogen (secondary N) is 2. The monoisotopic (exact) mass is 163 g/mol. The number of primary amides is 1. The molecule has 0 aliphatic heterocycles. The molecule has 0 heterocycles. The molecule has 0 aliphatic carbocycles. The quantitative estimate of drug-likeness (QED) is 0.262. The number of hydrogen-bond acceptors (Lipinski definition) is 5. The van der Waals surface area contributed by atoms with Crippen molar-refractivity contribution in [3.05, 3.63) is 0 Å². The number of hydroxylamine groups is 2. The van der Waals surface area contributed by atoms with Gasteiger partial charge in [0.15, 0.2) is 0 Å². The largest absolute Gasteiger partial charge is 0.370 e. The van der Waals surface area contributed by atoms with Crippen LogP contribution in [0, 0.1) is 0 Å². The van der Waals surface area contributed by atoms with E-state index in [1.165, 1.54) is 0 Å². The average Bonchev–Trinajstić information content (AvgIpc) is 2.00. The lowest BCUT2D eigenvalue weighted by Gasteiger charge is -2.27. The average molecular weight is 163 g/mol. The van der Waals surface area contributed by atoms with Gasteiger partial charge in [-0.1, -0.05) is 6.92 Å². The minimum atomic E-state index is -1.22. The maximum atomic E-state index is 10.4. The Morgan fingerprint density at radius 1 is 1.55 bits per heavy atom.